The number of rotatable bonds is 13. The molecule has 0 saturated carbocycles. The van der Waals surface area contributed by atoms with Crippen LogP contribution >= 0.6 is 0 Å². The molecule has 6 rings (SSSR count). The lowest BCUT2D eigenvalue weighted by Gasteiger charge is -2.26. The number of aryl methyl sites for hydroxylation is 1. The fraction of sp³-hybridized carbons (Fsp3) is 0.342. The van der Waals surface area contributed by atoms with Gasteiger partial charge in [-0.05, 0) is 75.4 Å². The van der Waals surface area contributed by atoms with Crippen molar-refractivity contribution in [2.24, 2.45) is 0 Å². The van der Waals surface area contributed by atoms with E-state index >= 15 is 0 Å². The summed E-state index contributed by atoms with van der Waals surface area (Å²) in [7, 11) is 0. The Labute approximate surface area is 290 Å². The second-order valence-corrected chi connectivity index (χ2v) is 13.1. The predicted molar refractivity (Wildman–Crippen MR) is 184 cm³/mol. The fourth-order valence-corrected chi connectivity index (χ4v) is 6.15. The van der Waals surface area contributed by atoms with Gasteiger partial charge >= 0.3 is 0 Å². The average Bonchev–Trinajstić information content (AvgIpc) is 3.90. The Morgan fingerprint density at radius 2 is 1.88 bits per heavy atom. The molecule has 50 heavy (non-hydrogen) atoms. The van der Waals surface area contributed by atoms with Crippen LogP contribution < -0.4 is 10.6 Å². The van der Waals surface area contributed by atoms with Crippen LogP contribution in [0.15, 0.2) is 94.5 Å². The van der Waals surface area contributed by atoms with Crippen LogP contribution in [0, 0.1) is 6.92 Å². The number of nitrogens with one attached hydrogen (secondary N) is 2. The molecule has 260 valence electrons. The predicted octanol–water partition coefficient (Wildman–Crippen LogP) is 5.71. The highest BCUT2D eigenvalue weighted by Gasteiger charge is 2.34. The van der Waals surface area contributed by atoms with Gasteiger partial charge in [0.25, 0.3) is 11.8 Å². The Bertz CT molecular complexity index is 1910. The number of hydrogen-bond acceptors (Lipinski definition) is 9. The summed E-state index contributed by atoms with van der Waals surface area (Å²) in [5.74, 6) is -0.00656. The molecule has 3 atom stereocenters. The zero-order valence-electron chi connectivity index (χ0n) is 28.3. The molecule has 3 unspecified atom stereocenters. The minimum Gasteiger partial charge on any atom is -0.446 e. The van der Waals surface area contributed by atoms with Gasteiger partial charge in [-0.25, -0.2) is 14.4 Å². The van der Waals surface area contributed by atoms with E-state index in [1.807, 2.05) is 37.3 Å². The molecule has 3 aromatic heterocycles. The van der Waals surface area contributed by atoms with Gasteiger partial charge in [-0.3, -0.25) is 14.6 Å². The number of halogens is 1. The first-order chi connectivity index (χ1) is 24.0. The third-order valence-electron chi connectivity index (χ3n) is 8.80. The smallest absolute Gasteiger partial charge is 0.254 e. The van der Waals surface area contributed by atoms with Crippen molar-refractivity contribution < 1.29 is 27.9 Å². The standard InChI is InChI=1S/C38H41FN6O5/c1-24-23-50-36(43-24)32-10-7-12-45(32)37(48)29-17-27(16-28(18-29)35-42-11-13-49-35)34(47)44-31(15-25-8-5-4-6-9-25)33(46)22-41-20-26-14-30(21-40-19-26)38(2,3)39/h4-6,8-9,11,13-14,16-19,21,23,31-33,41,46H,7,10,12,15,20,22H2,1-3H3,(H,44,47). The van der Waals surface area contributed by atoms with Crippen LogP contribution in [0.1, 0.15) is 81.7 Å². The summed E-state index contributed by atoms with van der Waals surface area (Å²) in [6.45, 7) is 5.78. The van der Waals surface area contributed by atoms with E-state index in [0.717, 1.165) is 23.2 Å². The molecule has 0 spiro atoms. The van der Waals surface area contributed by atoms with Crippen molar-refractivity contribution in [3.05, 3.63) is 125 Å². The number of likely N-dealkylation sites (tertiary alicyclic amines) is 1. The Morgan fingerprint density at radius 1 is 1.08 bits per heavy atom. The first-order valence-corrected chi connectivity index (χ1v) is 16.7. The van der Waals surface area contributed by atoms with Crippen molar-refractivity contribution in [1.82, 2.24) is 30.5 Å². The van der Waals surface area contributed by atoms with Crippen LogP contribution in [0.2, 0.25) is 0 Å². The van der Waals surface area contributed by atoms with Crippen LogP contribution in [0.3, 0.4) is 0 Å². The molecule has 1 aliphatic rings. The average molecular weight is 681 g/mol. The van der Waals surface area contributed by atoms with Gasteiger partial charge in [-0.1, -0.05) is 30.3 Å². The maximum atomic E-state index is 14.5. The Balaban J connectivity index is 1.23. The summed E-state index contributed by atoms with van der Waals surface area (Å²) in [5.41, 5.74) is 2.31. The molecule has 2 aromatic carbocycles. The van der Waals surface area contributed by atoms with E-state index < -0.39 is 23.7 Å². The van der Waals surface area contributed by atoms with E-state index in [1.165, 1.54) is 32.5 Å². The maximum Gasteiger partial charge on any atom is 0.254 e. The molecule has 5 aromatic rings. The van der Waals surface area contributed by atoms with Gasteiger partial charge in [0.1, 0.15) is 24.2 Å². The van der Waals surface area contributed by atoms with E-state index in [0.29, 0.717) is 42.9 Å². The lowest BCUT2D eigenvalue weighted by molar-refractivity contribution is 0.0715. The molecule has 0 aliphatic carbocycles. The molecule has 1 fully saturated rings. The molecule has 2 amide bonds. The van der Waals surface area contributed by atoms with E-state index in [-0.39, 0.29) is 35.5 Å². The first-order valence-electron chi connectivity index (χ1n) is 16.7. The number of hydrogen-bond donors (Lipinski definition) is 3. The number of carbonyl (C=O) groups is 2. The van der Waals surface area contributed by atoms with Gasteiger partial charge in [-0.2, -0.15) is 0 Å². The minimum atomic E-state index is -1.53. The number of alkyl halides is 1. The first kappa shape index (κ1) is 34.7. The maximum absolute atomic E-state index is 14.5. The van der Waals surface area contributed by atoms with Crippen LogP contribution in [0.4, 0.5) is 4.39 Å². The highest BCUT2D eigenvalue weighted by Crippen LogP contribution is 2.33. The number of aliphatic hydroxyl groups excluding tert-OH is 1. The lowest BCUT2D eigenvalue weighted by Crippen LogP contribution is -2.48. The Kier molecular flexibility index (Phi) is 10.5. The molecule has 11 nitrogen and oxygen atoms in total. The van der Waals surface area contributed by atoms with E-state index in [9.17, 15) is 19.1 Å². The summed E-state index contributed by atoms with van der Waals surface area (Å²) in [5, 5.41) is 17.6. The number of nitrogens with zero attached hydrogens (tertiary/aromatic N) is 4. The zero-order chi connectivity index (χ0) is 35.3. The summed E-state index contributed by atoms with van der Waals surface area (Å²) >= 11 is 0. The zero-order valence-corrected chi connectivity index (χ0v) is 28.3. The van der Waals surface area contributed by atoms with Crippen LogP contribution in [0.25, 0.3) is 11.5 Å². The van der Waals surface area contributed by atoms with Crippen molar-refractivity contribution in [1.29, 1.82) is 0 Å². The quantitative estimate of drug-likeness (QED) is 0.142. The molecule has 0 bridgehead atoms. The third kappa shape index (κ3) is 8.32. The third-order valence-corrected chi connectivity index (χ3v) is 8.80. The summed E-state index contributed by atoms with van der Waals surface area (Å²) < 4.78 is 25.7. The number of benzene rings is 2. The van der Waals surface area contributed by atoms with E-state index in [1.54, 1.807) is 41.6 Å². The van der Waals surface area contributed by atoms with Crippen molar-refractivity contribution in [2.45, 2.75) is 70.4 Å². The molecule has 12 heteroatoms. The highest BCUT2D eigenvalue weighted by atomic mass is 19.1. The van der Waals surface area contributed by atoms with Gasteiger partial charge in [0.05, 0.1) is 24.0 Å². The van der Waals surface area contributed by atoms with Gasteiger partial charge in [-0.15, -0.1) is 0 Å². The number of carbonyl (C=O) groups excluding carboxylic acids is 2. The van der Waals surface area contributed by atoms with Gasteiger partial charge in [0.15, 0.2) is 0 Å². The second-order valence-electron chi connectivity index (χ2n) is 13.1. The van der Waals surface area contributed by atoms with Crippen molar-refractivity contribution in [2.75, 3.05) is 13.1 Å². The number of aromatic nitrogens is 3. The van der Waals surface area contributed by atoms with Crippen molar-refractivity contribution in [3.8, 4) is 11.5 Å². The Hall–Kier alpha value is -5.20. The SMILES string of the molecule is Cc1coc(C2CCCN2C(=O)c2cc(C(=O)NC(Cc3ccccc3)C(O)CNCc3cncc(C(C)(C)F)c3)cc(-c3ncco3)c2)n1. The highest BCUT2D eigenvalue weighted by molar-refractivity contribution is 6.01. The largest absolute Gasteiger partial charge is 0.446 e. The van der Waals surface area contributed by atoms with Crippen LogP contribution in [0.5, 0.6) is 0 Å². The second kappa shape index (κ2) is 15.1. The molecule has 4 heterocycles. The topological polar surface area (TPSA) is 147 Å². The van der Waals surface area contributed by atoms with Gasteiger partial charge < -0.3 is 29.5 Å². The number of aliphatic hydroxyl groups is 1. The molecule has 1 aliphatic heterocycles. The number of pyridine rings is 1. The van der Waals surface area contributed by atoms with E-state index in [2.05, 4.69) is 25.6 Å². The molecule has 1 saturated heterocycles. The van der Waals surface area contributed by atoms with Crippen LogP contribution in [-0.4, -0.2) is 62.0 Å². The number of amides is 2. The van der Waals surface area contributed by atoms with Crippen LogP contribution in [-0.2, 0) is 18.6 Å². The van der Waals surface area contributed by atoms with Gasteiger partial charge in [0.2, 0.25) is 11.8 Å². The minimum absolute atomic E-state index is 0.137. The van der Waals surface area contributed by atoms with Crippen molar-refractivity contribution >= 4 is 11.8 Å². The van der Waals surface area contributed by atoms with Crippen molar-refractivity contribution in [3.63, 3.8) is 0 Å². The molecular formula is C38H41FN6O5. The van der Waals surface area contributed by atoms with E-state index in [4.69, 9.17) is 8.83 Å². The Morgan fingerprint density at radius 3 is 2.60 bits per heavy atom. The lowest BCUT2D eigenvalue weighted by atomic mass is 9.99. The fourth-order valence-electron chi connectivity index (χ4n) is 6.15. The summed E-state index contributed by atoms with van der Waals surface area (Å²) in [6, 6.07) is 15.1. The monoisotopic (exact) mass is 680 g/mol. The normalized spacial score (nSPS) is 15.9. The molecule has 0 radical (unpaired) electrons. The summed E-state index contributed by atoms with van der Waals surface area (Å²) in [6.07, 6.45) is 8.48. The molecule has 3 N–H and O–H groups in total. The van der Waals surface area contributed by atoms with Gasteiger partial charge in [0, 0.05) is 54.3 Å². The molecular weight excluding hydrogens is 639 g/mol. The summed E-state index contributed by atoms with van der Waals surface area (Å²) in [4.78, 5) is 42.6. The number of oxazole rings is 2.